The average molecular weight is 227 g/mol. The standard InChI is InChI=1S/C12H25N3O/c1-4-10-5-7-11(8-6-10)15(3)9(2)12(13)14-16/h9-11,16H,4-8H2,1-3H3,(H2,13,14). The summed E-state index contributed by atoms with van der Waals surface area (Å²) >= 11 is 0. The molecule has 0 aromatic heterocycles. The number of hydrogen-bond acceptors (Lipinski definition) is 3. The lowest BCUT2D eigenvalue weighted by Crippen LogP contribution is -2.47. The van der Waals surface area contributed by atoms with Gasteiger partial charge in [-0.1, -0.05) is 18.5 Å². The van der Waals surface area contributed by atoms with Crippen LogP contribution in [-0.2, 0) is 0 Å². The van der Waals surface area contributed by atoms with E-state index in [9.17, 15) is 0 Å². The summed E-state index contributed by atoms with van der Waals surface area (Å²) in [4.78, 5) is 2.24. The Morgan fingerprint density at radius 2 is 2.00 bits per heavy atom. The Bertz CT molecular complexity index is 234. The van der Waals surface area contributed by atoms with E-state index in [1.165, 1.54) is 32.1 Å². The van der Waals surface area contributed by atoms with Gasteiger partial charge < -0.3 is 10.9 Å². The molecule has 1 aliphatic rings. The van der Waals surface area contributed by atoms with Gasteiger partial charge in [-0.3, -0.25) is 4.90 Å². The van der Waals surface area contributed by atoms with Crippen molar-refractivity contribution in [3.63, 3.8) is 0 Å². The average Bonchev–Trinajstić information content (AvgIpc) is 2.36. The highest BCUT2D eigenvalue weighted by atomic mass is 16.4. The van der Waals surface area contributed by atoms with Gasteiger partial charge in [0.15, 0.2) is 5.84 Å². The van der Waals surface area contributed by atoms with Crippen molar-refractivity contribution in [2.24, 2.45) is 16.8 Å². The summed E-state index contributed by atoms with van der Waals surface area (Å²) < 4.78 is 0. The van der Waals surface area contributed by atoms with E-state index in [2.05, 4.69) is 24.0 Å². The third-order valence-electron chi connectivity index (χ3n) is 4.12. The number of nitrogens with two attached hydrogens (primary N) is 1. The van der Waals surface area contributed by atoms with Gasteiger partial charge in [0, 0.05) is 6.04 Å². The fraction of sp³-hybridized carbons (Fsp3) is 0.917. The zero-order chi connectivity index (χ0) is 12.1. The molecule has 1 saturated carbocycles. The number of rotatable bonds is 4. The van der Waals surface area contributed by atoms with Crippen LogP contribution in [-0.4, -0.2) is 35.1 Å². The Kier molecular flexibility index (Phi) is 5.06. The Balaban J connectivity index is 2.47. The number of nitrogens with zero attached hydrogens (tertiary/aromatic N) is 2. The van der Waals surface area contributed by atoms with Crippen LogP contribution in [0.3, 0.4) is 0 Å². The van der Waals surface area contributed by atoms with Crippen LogP contribution in [0.2, 0.25) is 0 Å². The van der Waals surface area contributed by atoms with Gasteiger partial charge in [0.05, 0.1) is 6.04 Å². The maximum atomic E-state index is 8.67. The smallest absolute Gasteiger partial charge is 0.156 e. The highest BCUT2D eigenvalue weighted by Gasteiger charge is 2.26. The minimum absolute atomic E-state index is 0.0215. The second-order valence-electron chi connectivity index (χ2n) is 4.95. The van der Waals surface area contributed by atoms with Gasteiger partial charge in [-0.15, -0.1) is 0 Å². The Morgan fingerprint density at radius 1 is 1.44 bits per heavy atom. The van der Waals surface area contributed by atoms with E-state index < -0.39 is 0 Å². The zero-order valence-corrected chi connectivity index (χ0v) is 10.7. The Labute approximate surface area is 98.5 Å². The Hall–Kier alpha value is -0.770. The summed E-state index contributed by atoms with van der Waals surface area (Å²) in [6.45, 7) is 4.26. The van der Waals surface area contributed by atoms with E-state index in [0.717, 1.165) is 5.92 Å². The maximum absolute atomic E-state index is 8.67. The third kappa shape index (κ3) is 3.11. The van der Waals surface area contributed by atoms with Gasteiger partial charge in [0.1, 0.15) is 0 Å². The van der Waals surface area contributed by atoms with E-state index in [0.29, 0.717) is 11.9 Å². The van der Waals surface area contributed by atoms with Crippen LogP contribution in [0.4, 0.5) is 0 Å². The van der Waals surface area contributed by atoms with Gasteiger partial charge in [-0.25, -0.2) is 0 Å². The molecule has 4 nitrogen and oxygen atoms in total. The predicted octanol–water partition coefficient (Wildman–Crippen LogP) is 2.02. The summed E-state index contributed by atoms with van der Waals surface area (Å²) in [5.74, 6) is 1.21. The van der Waals surface area contributed by atoms with Gasteiger partial charge in [-0.2, -0.15) is 0 Å². The molecule has 94 valence electrons. The summed E-state index contributed by atoms with van der Waals surface area (Å²) in [5.41, 5.74) is 5.64. The van der Waals surface area contributed by atoms with E-state index in [-0.39, 0.29) is 6.04 Å². The number of hydrogen-bond donors (Lipinski definition) is 2. The van der Waals surface area contributed by atoms with Crippen LogP contribution in [0.25, 0.3) is 0 Å². The van der Waals surface area contributed by atoms with Crippen molar-refractivity contribution >= 4 is 5.84 Å². The molecule has 0 spiro atoms. The van der Waals surface area contributed by atoms with Crippen LogP contribution in [0.15, 0.2) is 5.16 Å². The molecule has 0 radical (unpaired) electrons. The SMILES string of the molecule is CCC1CCC(N(C)C(C)C(N)=NO)CC1. The molecule has 0 saturated heterocycles. The van der Waals surface area contributed by atoms with Crippen molar-refractivity contribution in [3.8, 4) is 0 Å². The van der Waals surface area contributed by atoms with Gasteiger partial charge >= 0.3 is 0 Å². The van der Waals surface area contributed by atoms with E-state index in [1.807, 2.05) is 6.92 Å². The predicted molar refractivity (Wildman–Crippen MR) is 66.7 cm³/mol. The van der Waals surface area contributed by atoms with E-state index in [4.69, 9.17) is 10.9 Å². The van der Waals surface area contributed by atoms with Gasteiger partial charge in [0.25, 0.3) is 0 Å². The summed E-state index contributed by atoms with van der Waals surface area (Å²) in [7, 11) is 2.07. The normalized spacial score (nSPS) is 29.4. The second kappa shape index (κ2) is 6.09. The monoisotopic (exact) mass is 227 g/mol. The largest absolute Gasteiger partial charge is 0.409 e. The van der Waals surface area contributed by atoms with Gasteiger partial charge in [-0.05, 0) is 45.6 Å². The second-order valence-corrected chi connectivity index (χ2v) is 4.95. The molecule has 3 N–H and O–H groups in total. The first-order chi connectivity index (χ1) is 7.60. The lowest BCUT2D eigenvalue weighted by Gasteiger charge is -2.37. The van der Waals surface area contributed by atoms with Crippen molar-refractivity contribution in [1.29, 1.82) is 0 Å². The first-order valence-electron chi connectivity index (χ1n) is 6.29. The molecular formula is C12H25N3O. The van der Waals surface area contributed by atoms with Crippen molar-refractivity contribution in [2.75, 3.05) is 7.05 Å². The summed E-state index contributed by atoms with van der Waals surface area (Å²) in [6.07, 6.45) is 6.39. The third-order valence-corrected chi connectivity index (χ3v) is 4.12. The molecule has 1 atom stereocenters. The molecular weight excluding hydrogens is 202 g/mol. The minimum Gasteiger partial charge on any atom is -0.409 e. The molecule has 1 unspecified atom stereocenters. The molecule has 0 aromatic carbocycles. The number of likely N-dealkylation sites (N-methyl/N-ethyl adjacent to an activating group) is 1. The van der Waals surface area contributed by atoms with Crippen molar-refractivity contribution in [1.82, 2.24) is 4.90 Å². The van der Waals surface area contributed by atoms with E-state index in [1.54, 1.807) is 0 Å². The van der Waals surface area contributed by atoms with Crippen LogP contribution in [0.1, 0.15) is 46.0 Å². The number of oxime groups is 1. The van der Waals surface area contributed by atoms with Gasteiger partial charge in [0.2, 0.25) is 0 Å². The minimum atomic E-state index is 0.0215. The van der Waals surface area contributed by atoms with Crippen LogP contribution in [0.5, 0.6) is 0 Å². The molecule has 1 fully saturated rings. The maximum Gasteiger partial charge on any atom is 0.156 e. The molecule has 0 bridgehead atoms. The molecule has 0 heterocycles. The first kappa shape index (κ1) is 13.3. The quantitative estimate of drug-likeness (QED) is 0.334. The van der Waals surface area contributed by atoms with Crippen LogP contribution < -0.4 is 5.73 Å². The molecule has 1 aliphatic carbocycles. The molecule has 0 amide bonds. The fourth-order valence-corrected chi connectivity index (χ4v) is 2.57. The zero-order valence-electron chi connectivity index (χ0n) is 10.7. The van der Waals surface area contributed by atoms with Crippen molar-refractivity contribution in [2.45, 2.75) is 58.0 Å². The van der Waals surface area contributed by atoms with Crippen LogP contribution in [0, 0.1) is 5.92 Å². The number of amidine groups is 1. The molecule has 0 aliphatic heterocycles. The van der Waals surface area contributed by atoms with E-state index >= 15 is 0 Å². The lowest BCUT2D eigenvalue weighted by atomic mass is 9.83. The highest BCUT2D eigenvalue weighted by molar-refractivity contribution is 5.84. The van der Waals surface area contributed by atoms with Crippen molar-refractivity contribution in [3.05, 3.63) is 0 Å². The van der Waals surface area contributed by atoms with Crippen molar-refractivity contribution < 1.29 is 5.21 Å². The summed E-state index contributed by atoms with van der Waals surface area (Å²) in [5, 5.41) is 11.8. The molecule has 0 aromatic rings. The first-order valence-corrected chi connectivity index (χ1v) is 6.29. The molecule has 1 rings (SSSR count). The molecule has 4 heteroatoms. The Morgan fingerprint density at radius 3 is 2.44 bits per heavy atom. The highest BCUT2D eigenvalue weighted by Crippen LogP contribution is 2.29. The summed E-state index contributed by atoms with van der Waals surface area (Å²) in [6, 6.07) is 0.603. The molecule has 16 heavy (non-hydrogen) atoms. The fourth-order valence-electron chi connectivity index (χ4n) is 2.57. The topological polar surface area (TPSA) is 61.8 Å². The van der Waals surface area contributed by atoms with Crippen LogP contribution >= 0.6 is 0 Å². The lowest BCUT2D eigenvalue weighted by molar-refractivity contribution is 0.149.